The second-order valence-corrected chi connectivity index (χ2v) is 5.92. The summed E-state index contributed by atoms with van der Waals surface area (Å²) in [5.41, 5.74) is 1.43. The van der Waals surface area contributed by atoms with Gasteiger partial charge in [-0.15, -0.1) is 11.8 Å². The molecule has 0 unspecified atom stereocenters. The van der Waals surface area contributed by atoms with E-state index >= 15 is 0 Å². The lowest BCUT2D eigenvalue weighted by atomic mass is 10.1. The van der Waals surface area contributed by atoms with Gasteiger partial charge in [0.1, 0.15) is 5.75 Å². The topological polar surface area (TPSA) is 55.4 Å². The van der Waals surface area contributed by atoms with E-state index in [1.807, 2.05) is 43.3 Å². The Balaban J connectivity index is 1.89. The van der Waals surface area contributed by atoms with Crippen LogP contribution in [0.25, 0.3) is 0 Å². The monoisotopic (exact) mass is 329 g/mol. The predicted molar refractivity (Wildman–Crippen MR) is 93.4 cm³/mol. The Morgan fingerprint density at radius 2 is 1.70 bits per heavy atom. The molecule has 0 aliphatic heterocycles. The van der Waals surface area contributed by atoms with Crippen molar-refractivity contribution < 1.29 is 14.3 Å². The Kier molecular flexibility index (Phi) is 6.23. The van der Waals surface area contributed by atoms with E-state index in [0.29, 0.717) is 17.9 Å². The number of carbonyl (C=O) groups excluding carboxylic acids is 2. The van der Waals surface area contributed by atoms with E-state index < -0.39 is 0 Å². The normalized spacial score (nSPS) is 10.2. The van der Waals surface area contributed by atoms with Crippen LogP contribution in [0.4, 0.5) is 5.69 Å². The first-order chi connectivity index (χ1) is 11.1. The van der Waals surface area contributed by atoms with Crippen molar-refractivity contribution in [2.75, 3.05) is 17.7 Å². The average Bonchev–Trinajstić information content (AvgIpc) is 2.54. The van der Waals surface area contributed by atoms with Crippen molar-refractivity contribution in [3.63, 3.8) is 0 Å². The van der Waals surface area contributed by atoms with Crippen LogP contribution in [-0.4, -0.2) is 24.1 Å². The van der Waals surface area contributed by atoms with Gasteiger partial charge in [0.15, 0.2) is 5.78 Å². The molecule has 0 spiro atoms. The summed E-state index contributed by atoms with van der Waals surface area (Å²) < 4.78 is 5.36. The summed E-state index contributed by atoms with van der Waals surface area (Å²) >= 11 is 1.47. The summed E-state index contributed by atoms with van der Waals surface area (Å²) in [6.45, 7) is 4.00. The van der Waals surface area contributed by atoms with E-state index in [1.165, 1.54) is 18.7 Å². The molecule has 23 heavy (non-hydrogen) atoms. The van der Waals surface area contributed by atoms with Crippen molar-refractivity contribution in [2.24, 2.45) is 0 Å². The minimum Gasteiger partial charge on any atom is -0.494 e. The van der Waals surface area contributed by atoms with Gasteiger partial charge >= 0.3 is 0 Å². The van der Waals surface area contributed by atoms with Crippen LogP contribution in [-0.2, 0) is 4.79 Å². The number of ketones is 1. The van der Waals surface area contributed by atoms with Crippen molar-refractivity contribution in [3.8, 4) is 5.75 Å². The lowest BCUT2D eigenvalue weighted by Gasteiger charge is -2.06. The molecule has 0 atom stereocenters. The molecule has 1 amide bonds. The maximum atomic E-state index is 12.2. The molecule has 0 aliphatic carbocycles. The maximum Gasteiger partial charge on any atom is 0.221 e. The number of rotatable bonds is 7. The highest BCUT2D eigenvalue weighted by molar-refractivity contribution is 8.00. The zero-order chi connectivity index (χ0) is 16.7. The second-order valence-electron chi connectivity index (χ2n) is 4.87. The summed E-state index contributed by atoms with van der Waals surface area (Å²) in [6.07, 6.45) is 0. The molecule has 0 aromatic heterocycles. The van der Waals surface area contributed by atoms with Gasteiger partial charge < -0.3 is 10.1 Å². The molecule has 4 nitrogen and oxygen atoms in total. The van der Waals surface area contributed by atoms with Crippen LogP contribution in [0.2, 0.25) is 0 Å². The number of hydrogen-bond donors (Lipinski definition) is 1. The van der Waals surface area contributed by atoms with Crippen LogP contribution < -0.4 is 10.1 Å². The largest absolute Gasteiger partial charge is 0.494 e. The van der Waals surface area contributed by atoms with E-state index in [9.17, 15) is 9.59 Å². The molecule has 120 valence electrons. The molecule has 5 heteroatoms. The summed E-state index contributed by atoms with van der Waals surface area (Å²) in [6, 6.07) is 14.6. The first kappa shape index (κ1) is 17.1. The quantitative estimate of drug-likeness (QED) is 0.616. The number of nitrogens with one attached hydrogen (secondary N) is 1. The molecule has 0 saturated carbocycles. The number of anilines is 1. The fourth-order valence-electron chi connectivity index (χ4n) is 1.97. The third-order valence-corrected chi connectivity index (χ3v) is 4.04. The number of hydrogen-bond acceptors (Lipinski definition) is 4. The molecule has 2 rings (SSSR count). The van der Waals surface area contributed by atoms with Gasteiger partial charge in [-0.05, 0) is 55.5 Å². The van der Waals surface area contributed by atoms with Gasteiger partial charge in [-0.1, -0.05) is 0 Å². The molecule has 2 aromatic rings. The highest BCUT2D eigenvalue weighted by Gasteiger charge is 2.07. The van der Waals surface area contributed by atoms with Gasteiger partial charge in [0.2, 0.25) is 5.91 Å². The Bertz CT molecular complexity index is 666. The maximum absolute atomic E-state index is 12.2. The molecular formula is C18H19NO3S. The van der Waals surface area contributed by atoms with Crippen LogP contribution in [0.15, 0.2) is 53.4 Å². The number of Topliss-reactive ketones (excluding diaryl/α,β-unsaturated/α-hetero) is 1. The van der Waals surface area contributed by atoms with E-state index in [-0.39, 0.29) is 11.7 Å². The number of benzene rings is 2. The fourth-order valence-corrected chi connectivity index (χ4v) is 2.77. The van der Waals surface area contributed by atoms with Crippen LogP contribution >= 0.6 is 11.8 Å². The lowest BCUT2D eigenvalue weighted by Crippen LogP contribution is -2.05. The first-order valence-corrected chi connectivity index (χ1v) is 8.33. The summed E-state index contributed by atoms with van der Waals surface area (Å²) in [5, 5.41) is 2.71. The van der Waals surface area contributed by atoms with Gasteiger partial charge in [-0.25, -0.2) is 0 Å². The zero-order valence-electron chi connectivity index (χ0n) is 13.2. The van der Waals surface area contributed by atoms with E-state index in [1.54, 1.807) is 12.1 Å². The van der Waals surface area contributed by atoms with Crippen LogP contribution in [0, 0.1) is 0 Å². The zero-order valence-corrected chi connectivity index (χ0v) is 14.0. The highest BCUT2D eigenvalue weighted by atomic mass is 32.2. The van der Waals surface area contributed by atoms with Crippen molar-refractivity contribution >= 4 is 29.1 Å². The summed E-state index contributed by atoms with van der Waals surface area (Å²) in [4.78, 5) is 24.1. The Morgan fingerprint density at radius 1 is 1.04 bits per heavy atom. The van der Waals surface area contributed by atoms with Crippen LogP contribution in [0.1, 0.15) is 24.2 Å². The van der Waals surface area contributed by atoms with Gasteiger partial charge in [-0.3, -0.25) is 9.59 Å². The first-order valence-electron chi connectivity index (χ1n) is 7.35. The van der Waals surface area contributed by atoms with Gasteiger partial charge in [0.05, 0.1) is 12.4 Å². The van der Waals surface area contributed by atoms with Crippen molar-refractivity contribution in [1.82, 2.24) is 0 Å². The van der Waals surface area contributed by atoms with E-state index in [0.717, 1.165) is 16.3 Å². The minimum atomic E-state index is -0.101. The van der Waals surface area contributed by atoms with Gasteiger partial charge in [-0.2, -0.15) is 0 Å². The number of ether oxygens (including phenoxy) is 1. The van der Waals surface area contributed by atoms with Gasteiger partial charge in [0.25, 0.3) is 0 Å². The fraction of sp³-hybridized carbons (Fsp3) is 0.222. The van der Waals surface area contributed by atoms with Gasteiger partial charge in [0, 0.05) is 23.1 Å². The molecule has 0 aliphatic rings. The molecule has 1 N–H and O–H groups in total. The Labute approximate surface area is 140 Å². The smallest absolute Gasteiger partial charge is 0.221 e. The highest BCUT2D eigenvalue weighted by Crippen LogP contribution is 2.22. The molecule has 0 radical (unpaired) electrons. The summed E-state index contributed by atoms with van der Waals surface area (Å²) in [7, 11) is 0. The number of thioether (sulfide) groups is 1. The van der Waals surface area contributed by atoms with Crippen molar-refractivity contribution in [2.45, 2.75) is 18.7 Å². The predicted octanol–water partition coefficient (Wildman–Crippen LogP) is 4.02. The third-order valence-electron chi connectivity index (χ3n) is 3.03. The van der Waals surface area contributed by atoms with Crippen molar-refractivity contribution in [1.29, 1.82) is 0 Å². The van der Waals surface area contributed by atoms with E-state index in [2.05, 4.69) is 5.32 Å². The molecule has 0 bridgehead atoms. The Morgan fingerprint density at radius 3 is 2.26 bits per heavy atom. The Hall–Kier alpha value is -2.27. The van der Waals surface area contributed by atoms with E-state index in [4.69, 9.17) is 4.74 Å². The number of carbonyl (C=O) groups is 2. The number of amides is 1. The lowest BCUT2D eigenvalue weighted by molar-refractivity contribution is -0.114. The molecule has 2 aromatic carbocycles. The molecular weight excluding hydrogens is 310 g/mol. The third kappa shape index (κ3) is 5.45. The second kappa shape index (κ2) is 8.39. The summed E-state index contributed by atoms with van der Waals surface area (Å²) in [5.74, 6) is 1.11. The molecule has 0 heterocycles. The SMILES string of the molecule is CCOc1ccc(C(=O)CSc2ccc(NC(C)=O)cc2)cc1. The molecule has 0 fully saturated rings. The standard InChI is InChI=1S/C18H19NO3S/c1-3-22-16-8-4-14(5-9-16)18(21)12-23-17-10-6-15(7-11-17)19-13(2)20/h4-11H,3,12H2,1-2H3,(H,19,20). The van der Waals surface area contributed by atoms with Crippen LogP contribution in [0.3, 0.4) is 0 Å². The molecule has 0 saturated heterocycles. The minimum absolute atomic E-state index is 0.0731. The average molecular weight is 329 g/mol. The van der Waals surface area contributed by atoms with Crippen molar-refractivity contribution in [3.05, 3.63) is 54.1 Å². The van der Waals surface area contributed by atoms with Crippen LogP contribution in [0.5, 0.6) is 5.75 Å².